The molecule has 0 rings (SSSR count). The average Bonchev–Trinajstić information content (AvgIpc) is 2.27. The first-order valence-electron chi connectivity index (χ1n) is 6.73. The van der Waals surface area contributed by atoms with Crippen LogP contribution in [0, 0.1) is 17.2 Å². The van der Waals surface area contributed by atoms with Crippen LogP contribution in [0.1, 0.15) is 72.1 Å². The molecule has 1 unspecified atom stereocenters. The minimum Gasteiger partial charge on any atom is -0.198 e. The van der Waals surface area contributed by atoms with E-state index in [-0.39, 0.29) is 0 Å². The van der Waals surface area contributed by atoms with Gasteiger partial charge in [-0.2, -0.15) is 5.26 Å². The maximum atomic E-state index is 8.46. The summed E-state index contributed by atoms with van der Waals surface area (Å²) in [6.45, 7) is 6.79. The summed E-state index contributed by atoms with van der Waals surface area (Å²) in [6.07, 6.45) is 11.7. The molecule has 0 aromatic carbocycles. The Morgan fingerprint density at radius 3 is 2.69 bits per heavy atom. The molecule has 0 aliphatic heterocycles. The van der Waals surface area contributed by atoms with Crippen LogP contribution in [-0.2, 0) is 0 Å². The Hall–Kier alpha value is -0.770. The van der Waals surface area contributed by atoms with Crippen molar-refractivity contribution in [2.45, 2.75) is 72.1 Å². The summed E-state index contributed by atoms with van der Waals surface area (Å²) >= 11 is 0. The summed E-state index contributed by atoms with van der Waals surface area (Å²) in [5.41, 5.74) is 1.54. The summed E-state index contributed by atoms with van der Waals surface area (Å²) in [4.78, 5) is 0. The molecule has 1 nitrogen and oxygen atoms in total. The third-order valence-electron chi connectivity index (χ3n) is 3.07. The molecule has 0 spiro atoms. The van der Waals surface area contributed by atoms with E-state index in [1.165, 1.54) is 38.5 Å². The summed E-state index contributed by atoms with van der Waals surface area (Å²) in [7, 11) is 0. The van der Waals surface area contributed by atoms with Gasteiger partial charge in [-0.05, 0) is 44.9 Å². The Labute approximate surface area is 102 Å². The van der Waals surface area contributed by atoms with E-state index in [9.17, 15) is 0 Å². The zero-order valence-corrected chi connectivity index (χ0v) is 11.3. The molecule has 0 saturated heterocycles. The molecule has 1 atom stereocenters. The highest BCUT2D eigenvalue weighted by Crippen LogP contribution is 2.17. The van der Waals surface area contributed by atoms with Crippen LogP contribution in [0.15, 0.2) is 11.6 Å². The lowest BCUT2D eigenvalue weighted by atomic mass is 9.96. The topological polar surface area (TPSA) is 23.8 Å². The van der Waals surface area contributed by atoms with Crippen molar-refractivity contribution in [2.75, 3.05) is 0 Å². The lowest BCUT2D eigenvalue weighted by Gasteiger charge is -2.10. The summed E-state index contributed by atoms with van der Waals surface area (Å²) in [5, 5.41) is 8.46. The Morgan fingerprint density at radius 1 is 1.31 bits per heavy atom. The first kappa shape index (κ1) is 15.2. The smallest absolute Gasteiger partial charge is 0.0621 e. The molecule has 0 amide bonds. The highest BCUT2D eigenvalue weighted by atomic mass is 14.2. The molecule has 0 bridgehead atoms. The van der Waals surface area contributed by atoms with Gasteiger partial charge in [-0.1, -0.05) is 38.3 Å². The van der Waals surface area contributed by atoms with Gasteiger partial charge in [-0.3, -0.25) is 0 Å². The molecule has 0 aromatic rings. The first-order chi connectivity index (χ1) is 7.70. The predicted octanol–water partition coefficient (Wildman–Crippen LogP) is 5.23. The van der Waals surface area contributed by atoms with Gasteiger partial charge in [-0.15, -0.1) is 0 Å². The summed E-state index contributed by atoms with van der Waals surface area (Å²) in [5.74, 6) is 0.767. The predicted molar refractivity (Wildman–Crippen MR) is 71.1 cm³/mol. The normalized spacial score (nSPS) is 13.5. The van der Waals surface area contributed by atoms with Crippen molar-refractivity contribution in [2.24, 2.45) is 5.92 Å². The number of hydrogen-bond acceptors (Lipinski definition) is 1. The standard InChI is InChI=1S/C15H27N/c1-4-5-6-9-14(2)11-12-15(3)10-7-8-13-16/h9,15H,4-8,10-12H2,1-3H3. The number of nitriles is 1. The van der Waals surface area contributed by atoms with Crippen LogP contribution < -0.4 is 0 Å². The molecular weight excluding hydrogens is 194 g/mol. The molecule has 0 aliphatic carbocycles. The Bertz CT molecular complexity index is 222. The lowest BCUT2D eigenvalue weighted by molar-refractivity contribution is 0.477. The third-order valence-corrected chi connectivity index (χ3v) is 3.07. The molecular formula is C15H27N. The van der Waals surface area contributed by atoms with Crippen LogP contribution in [0.3, 0.4) is 0 Å². The monoisotopic (exact) mass is 221 g/mol. The zero-order valence-electron chi connectivity index (χ0n) is 11.3. The van der Waals surface area contributed by atoms with Gasteiger partial charge in [0, 0.05) is 6.42 Å². The highest BCUT2D eigenvalue weighted by Gasteiger charge is 2.02. The second-order valence-corrected chi connectivity index (χ2v) is 4.89. The van der Waals surface area contributed by atoms with Crippen LogP contribution in [0.4, 0.5) is 0 Å². The number of allylic oxidation sites excluding steroid dienone is 2. The molecule has 0 fully saturated rings. The van der Waals surface area contributed by atoms with Crippen molar-refractivity contribution in [3.63, 3.8) is 0 Å². The fourth-order valence-electron chi connectivity index (χ4n) is 1.80. The average molecular weight is 221 g/mol. The lowest BCUT2D eigenvalue weighted by Crippen LogP contribution is -1.95. The molecule has 92 valence electrons. The van der Waals surface area contributed by atoms with Crippen molar-refractivity contribution < 1.29 is 0 Å². The molecule has 0 saturated carbocycles. The molecule has 0 aliphatic rings. The van der Waals surface area contributed by atoms with E-state index in [0.29, 0.717) is 0 Å². The zero-order chi connectivity index (χ0) is 12.2. The molecule has 16 heavy (non-hydrogen) atoms. The van der Waals surface area contributed by atoms with Crippen LogP contribution in [0.2, 0.25) is 0 Å². The fourth-order valence-corrected chi connectivity index (χ4v) is 1.80. The van der Waals surface area contributed by atoms with E-state index in [0.717, 1.165) is 18.8 Å². The molecule has 0 N–H and O–H groups in total. The van der Waals surface area contributed by atoms with Gasteiger partial charge in [0.25, 0.3) is 0 Å². The minimum atomic E-state index is 0.718. The van der Waals surface area contributed by atoms with Crippen molar-refractivity contribution in [1.82, 2.24) is 0 Å². The van der Waals surface area contributed by atoms with Gasteiger partial charge in [0.2, 0.25) is 0 Å². The fraction of sp³-hybridized carbons (Fsp3) is 0.800. The summed E-state index contributed by atoms with van der Waals surface area (Å²) in [6, 6.07) is 2.21. The van der Waals surface area contributed by atoms with E-state index in [1.54, 1.807) is 5.57 Å². The van der Waals surface area contributed by atoms with Crippen LogP contribution in [0.5, 0.6) is 0 Å². The van der Waals surface area contributed by atoms with Gasteiger partial charge in [-0.25, -0.2) is 0 Å². The third kappa shape index (κ3) is 9.77. The van der Waals surface area contributed by atoms with E-state index >= 15 is 0 Å². The SMILES string of the molecule is CCCCC=C(C)CCC(C)CCCC#N. The molecule has 0 heterocycles. The minimum absolute atomic E-state index is 0.718. The second-order valence-electron chi connectivity index (χ2n) is 4.89. The largest absolute Gasteiger partial charge is 0.198 e. The number of unbranched alkanes of at least 4 members (excludes halogenated alkanes) is 3. The van der Waals surface area contributed by atoms with Crippen LogP contribution in [-0.4, -0.2) is 0 Å². The summed E-state index contributed by atoms with van der Waals surface area (Å²) < 4.78 is 0. The second kappa shape index (κ2) is 10.7. The Kier molecular flexibility index (Phi) is 10.2. The van der Waals surface area contributed by atoms with E-state index in [4.69, 9.17) is 5.26 Å². The van der Waals surface area contributed by atoms with Crippen molar-refractivity contribution in [3.8, 4) is 6.07 Å². The van der Waals surface area contributed by atoms with Gasteiger partial charge < -0.3 is 0 Å². The van der Waals surface area contributed by atoms with Gasteiger partial charge in [0.15, 0.2) is 0 Å². The maximum absolute atomic E-state index is 8.46. The van der Waals surface area contributed by atoms with Crippen LogP contribution >= 0.6 is 0 Å². The van der Waals surface area contributed by atoms with E-state index < -0.39 is 0 Å². The van der Waals surface area contributed by atoms with Crippen molar-refractivity contribution in [1.29, 1.82) is 5.26 Å². The Morgan fingerprint density at radius 2 is 2.06 bits per heavy atom. The number of hydrogen-bond donors (Lipinski definition) is 0. The maximum Gasteiger partial charge on any atom is 0.0621 e. The van der Waals surface area contributed by atoms with E-state index in [2.05, 4.69) is 32.9 Å². The number of rotatable bonds is 9. The quantitative estimate of drug-likeness (QED) is 0.386. The van der Waals surface area contributed by atoms with E-state index in [1.807, 2.05) is 0 Å². The van der Waals surface area contributed by atoms with Gasteiger partial charge >= 0.3 is 0 Å². The Balaban J connectivity index is 3.54. The van der Waals surface area contributed by atoms with Crippen LogP contribution in [0.25, 0.3) is 0 Å². The number of nitrogens with zero attached hydrogens (tertiary/aromatic N) is 1. The van der Waals surface area contributed by atoms with Gasteiger partial charge in [0.1, 0.15) is 0 Å². The first-order valence-corrected chi connectivity index (χ1v) is 6.73. The molecule has 0 radical (unpaired) electrons. The molecule has 0 aromatic heterocycles. The molecule has 1 heteroatoms. The highest BCUT2D eigenvalue weighted by molar-refractivity contribution is 4.97. The van der Waals surface area contributed by atoms with Gasteiger partial charge in [0.05, 0.1) is 6.07 Å². The van der Waals surface area contributed by atoms with Crippen molar-refractivity contribution >= 4 is 0 Å². The van der Waals surface area contributed by atoms with Crippen molar-refractivity contribution in [3.05, 3.63) is 11.6 Å².